The number of hydrogen-bond acceptors (Lipinski definition) is 8. The van der Waals surface area contributed by atoms with Crippen LogP contribution in [0.2, 0.25) is 0 Å². The highest BCUT2D eigenvalue weighted by Gasteiger charge is 2.21. The number of methoxy groups -OCH3 is 2. The first-order valence-corrected chi connectivity index (χ1v) is 9.77. The highest BCUT2D eigenvalue weighted by atomic mass is 32.2. The number of carbonyl (C=O) groups is 1. The molecule has 0 bridgehead atoms. The number of benzene rings is 2. The summed E-state index contributed by atoms with van der Waals surface area (Å²) in [5, 5.41) is 0. The maximum absolute atomic E-state index is 12.6. The summed E-state index contributed by atoms with van der Waals surface area (Å²) in [4.78, 5) is 20.7. The summed E-state index contributed by atoms with van der Waals surface area (Å²) in [5.74, 6) is -0.413. The third-order valence-corrected chi connectivity index (χ3v) is 5.04. The number of aromatic nitrogens is 2. The molecule has 1 amide bonds. The summed E-state index contributed by atoms with van der Waals surface area (Å²) in [6, 6.07) is 15.0. The summed E-state index contributed by atoms with van der Waals surface area (Å²) in [6.45, 7) is 0. The molecule has 0 aliphatic rings. The number of nitrogens with zero attached hydrogens (tertiary/aromatic N) is 2. The molecule has 10 heteroatoms. The van der Waals surface area contributed by atoms with Gasteiger partial charge in [0.15, 0.2) is 0 Å². The van der Waals surface area contributed by atoms with Crippen molar-refractivity contribution >= 4 is 15.9 Å². The van der Waals surface area contributed by atoms with Gasteiger partial charge in [-0.1, -0.05) is 30.3 Å². The van der Waals surface area contributed by atoms with Gasteiger partial charge in [-0.3, -0.25) is 4.79 Å². The van der Waals surface area contributed by atoms with Crippen LogP contribution in [-0.4, -0.2) is 38.5 Å². The number of nitrogens with one attached hydrogen (secondary N) is 1. The van der Waals surface area contributed by atoms with Crippen LogP contribution in [0, 0.1) is 0 Å². The smallest absolute Gasteiger partial charge is 0.328 e. The molecule has 0 unspecified atom stereocenters. The number of sulfonamides is 1. The van der Waals surface area contributed by atoms with Crippen molar-refractivity contribution in [2.24, 2.45) is 0 Å². The van der Waals surface area contributed by atoms with Crippen molar-refractivity contribution in [2.75, 3.05) is 14.2 Å². The minimum atomic E-state index is -4.04. The molecular formula is C19H17N3O6S. The van der Waals surface area contributed by atoms with Crippen molar-refractivity contribution in [1.82, 2.24) is 14.7 Å². The maximum Gasteiger partial charge on any atom is 0.328 e. The molecule has 0 aliphatic heterocycles. The van der Waals surface area contributed by atoms with Gasteiger partial charge < -0.3 is 14.2 Å². The van der Waals surface area contributed by atoms with Gasteiger partial charge in [0.25, 0.3) is 15.9 Å². The summed E-state index contributed by atoms with van der Waals surface area (Å²) < 4.78 is 42.6. The van der Waals surface area contributed by atoms with Crippen molar-refractivity contribution in [3.63, 3.8) is 0 Å². The summed E-state index contributed by atoms with van der Waals surface area (Å²) in [5.41, 5.74) is -0.0163. The lowest BCUT2D eigenvalue weighted by Gasteiger charge is -2.12. The zero-order valence-corrected chi connectivity index (χ0v) is 16.3. The second-order valence-electron chi connectivity index (χ2n) is 5.58. The standard InChI is InChI=1S/C19H17N3O6S/c1-26-16-12-17(27-2)21-19(20-16)28-15-11-7-6-10-14(15)18(23)22-29(24,25)13-8-4-3-5-9-13/h3-12H,1-2H3,(H,22,23). The minimum absolute atomic E-state index is 0.0163. The Kier molecular flexibility index (Phi) is 5.93. The zero-order valence-electron chi connectivity index (χ0n) is 15.5. The van der Waals surface area contributed by atoms with Crippen LogP contribution in [0.25, 0.3) is 0 Å². The number of amides is 1. The highest BCUT2D eigenvalue weighted by Crippen LogP contribution is 2.26. The van der Waals surface area contributed by atoms with Crippen LogP contribution >= 0.6 is 0 Å². The van der Waals surface area contributed by atoms with Gasteiger partial charge in [-0.25, -0.2) is 13.1 Å². The van der Waals surface area contributed by atoms with E-state index in [-0.39, 0.29) is 34.0 Å². The Morgan fingerprint density at radius 1 is 0.897 bits per heavy atom. The summed E-state index contributed by atoms with van der Waals surface area (Å²) >= 11 is 0. The van der Waals surface area contributed by atoms with Crippen LogP contribution in [0.3, 0.4) is 0 Å². The van der Waals surface area contributed by atoms with Gasteiger partial charge in [-0.15, -0.1) is 0 Å². The van der Waals surface area contributed by atoms with Gasteiger partial charge in [0, 0.05) is 0 Å². The molecule has 29 heavy (non-hydrogen) atoms. The Balaban J connectivity index is 1.89. The van der Waals surface area contributed by atoms with Crippen molar-refractivity contribution in [3.8, 4) is 23.5 Å². The Labute approximate surface area is 167 Å². The van der Waals surface area contributed by atoms with Crippen molar-refractivity contribution in [2.45, 2.75) is 4.90 Å². The van der Waals surface area contributed by atoms with Crippen LogP contribution in [0.15, 0.2) is 65.6 Å². The van der Waals surface area contributed by atoms with Gasteiger partial charge in [-0.05, 0) is 24.3 Å². The van der Waals surface area contributed by atoms with Gasteiger partial charge in [0.2, 0.25) is 11.8 Å². The topological polar surface area (TPSA) is 117 Å². The molecule has 1 aromatic heterocycles. The summed E-state index contributed by atoms with van der Waals surface area (Å²) in [7, 11) is -1.21. The molecule has 3 rings (SSSR count). The lowest BCUT2D eigenvalue weighted by Crippen LogP contribution is -2.30. The fourth-order valence-electron chi connectivity index (χ4n) is 2.32. The number of hydrogen-bond donors (Lipinski definition) is 1. The first-order chi connectivity index (χ1) is 13.9. The Morgan fingerprint density at radius 2 is 1.48 bits per heavy atom. The number of carbonyl (C=O) groups excluding carboxylic acids is 1. The molecule has 0 spiro atoms. The monoisotopic (exact) mass is 415 g/mol. The molecule has 0 aliphatic carbocycles. The normalized spacial score (nSPS) is 10.8. The van der Waals surface area contributed by atoms with E-state index in [9.17, 15) is 13.2 Å². The predicted molar refractivity (Wildman–Crippen MR) is 103 cm³/mol. The minimum Gasteiger partial charge on any atom is -0.481 e. The number of rotatable bonds is 7. The van der Waals surface area contributed by atoms with E-state index >= 15 is 0 Å². The van der Waals surface area contributed by atoms with Gasteiger partial charge in [0.1, 0.15) is 5.75 Å². The van der Waals surface area contributed by atoms with E-state index in [0.717, 1.165) is 0 Å². The maximum atomic E-state index is 12.6. The quantitative estimate of drug-likeness (QED) is 0.625. The van der Waals surface area contributed by atoms with Crippen molar-refractivity contribution in [1.29, 1.82) is 0 Å². The Morgan fingerprint density at radius 3 is 2.10 bits per heavy atom. The molecule has 0 atom stereocenters. The number of ether oxygens (including phenoxy) is 3. The van der Waals surface area contributed by atoms with Crippen molar-refractivity contribution in [3.05, 3.63) is 66.2 Å². The fraction of sp³-hybridized carbons (Fsp3) is 0.105. The molecule has 0 radical (unpaired) electrons. The third-order valence-electron chi connectivity index (χ3n) is 3.69. The molecule has 0 fully saturated rings. The lowest BCUT2D eigenvalue weighted by molar-refractivity contribution is 0.0979. The van der Waals surface area contributed by atoms with E-state index in [4.69, 9.17) is 14.2 Å². The van der Waals surface area contributed by atoms with Gasteiger partial charge in [0.05, 0.1) is 30.7 Å². The second kappa shape index (κ2) is 8.57. The predicted octanol–water partition coefficient (Wildman–Crippen LogP) is 2.40. The van der Waals surface area contributed by atoms with Crippen LogP contribution in [0.1, 0.15) is 10.4 Å². The fourth-order valence-corrected chi connectivity index (χ4v) is 3.30. The van der Waals surface area contributed by atoms with Gasteiger partial charge in [-0.2, -0.15) is 9.97 Å². The molecule has 0 saturated heterocycles. The van der Waals surface area contributed by atoms with Crippen LogP contribution < -0.4 is 18.9 Å². The van der Waals surface area contributed by atoms with E-state index in [1.165, 1.54) is 44.6 Å². The average Bonchev–Trinajstić information content (AvgIpc) is 2.74. The molecule has 1 heterocycles. The van der Waals surface area contributed by atoms with E-state index < -0.39 is 15.9 Å². The molecule has 3 aromatic rings. The molecule has 9 nitrogen and oxygen atoms in total. The first kappa shape index (κ1) is 20.1. The van der Waals surface area contributed by atoms with E-state index in [0.29, 0.717) is 0 Å². The highest BCUT2D eigenvalue weighted by molar-refractivity contribution is 7.90. The molecule has 0 saturated carbocycles. The second-order valence-corrected chi connectivity index (χ2v) is 7.26. The Bertz CT molecular complexity index is 1100. The largest absolute Gasteiger partial charge is 0.481 e. The van der Waals surface area contributed by atoms with Gasteiger partial charge >= 0.3 is 6.01 Å². The van der Waals surface area contributed by atoms with Crippen LogP contribution in [-0.2, 0) is 10.0 Å². The van der Waals surface area contributed by atoms with Crippen LogP contribution in [0.4, 0.5) is 0 Å². The van der Waals surface area contributed by atoms with Crippen molar-refractivity contribution < 1.29 is 27.4 Å². The first-order valence-electron chi connectivity index (χ1n) is 8.29. The zero-order chi connectivity index (χ0) is 20.9. The average molecular weight is 415 g/mol. The lowest BCUT2D eigenvalue weighted by atomic mass is 10.2. The van der Waals surface area contributed by atoms with Crippen LogP contribution in [0.5, 0.6) is 23.5 Å². The third kappa shape index (κ3) is 4.79. The van der Waals surface area contributed by atoms with E-state index in [1.807, 2.05) is 4.72 Å². The molecular weight excluding hydrogens is 398 g/mol. The SMILES string of the molecule is COc1cc(OC)nc(Oc2ccccc2C(=O)NS(=O)(=O)c2ccccc2)n1. The molecule has 2 aromatic carbocycles. The van der Waals surface area contributed by atoms with E-state index in [2.05, 4.69) is 9.97 Å². The Hall–Kier alpha value is -3.66. The van der Waals surface area contributed by atoms with E-state index in [1.54, 1.807) is 30.3 Å². The number of para-hydroxylation sites is 1. The summed E-state index contributed by atoms with van der Waals surface area (Å²) in [6.07, 6.45) is 0. The molecule has 150 valence electrons. The molecule has 1 N–H and O–H groups in total.